The average molecular weight is 348 g/mol. The summed E-state index contributed by atoms with van der Waals surface area (Å²) in [6, 6.07) is 8.68. The molecule has 1 amide bonds. The summed E-state index contributed by atoms with van der Waals surface area (Å²) in [5.74, 6) is 0. The Morgan fingerprint density at radius 3 is 2.84 bits per heavy atom. The predicted molar refractivity (Wildman–Crippen MR) is 101 cm³/mol. The van der Waals surface area contributed by atoms with Crippen LogP contribution in [-0.2, 0) is 16.0 Å². The Morgan fingerprint density at radius 1 is 1.40 bits per heavy atom. The van der Waals surface area contributed by atoms with E-state index in [1.165, 1.54) is 0 Å². The van der Waals surface area contributed by atoms with Gasteiger partial charge in [-0.25, -0.2) is 4.79 Å². The van der Waals surface area contributed by atoms with Crippen LogP contribution in [0.4, 0.5) is 10.5 Å². The molecule has 0 bridgehead atoms. The molecule has 1 aliphatic rings. The van der Waals surface area contributed by atoms with E-state index in [-0.39, 0.29) is 6.09 Å². The van der Waals surface area contributed by atoms with E-state index in [1.54, 1.807) is 11.9 Å². The highest BCUT2D eigenvalue weighted by Gasteiger charge is 2.22. The van der Waals surface area contributed by atoms with E-state index < -0.39 is 5.60 Å². The molecule has 1 aromatic rings. The molecule has 1 saturated heterocycles. The van der Waals surface area contributed by atoms with Gasteiger partial charge in [-0.05, 0) is 57.7 Å². The molecule has 25 heavy (non-hydrogen) atoms. The largest absolute Gasteiger partial charge is 0.444 e. The molecule has 140 valence electrons. The molecule has 0 aromatic heterocycles. The molecule has 1 aliphatic heterocycles. The number of hydrogen-bond donors (Lipinski definition) is 1. The standard InChI is InChI=1S/C20H32N2O3/c1-6-18-13-17(10-11-24-18)21-16-9-7-8-15(12-16)14-22(5)19(23)25-20(2,3)4/h7-9,12,17-18,21H,6,10-11,13-14H2,1-5H3. The first-order valence-electron chi connectivity index (χ1n) is 9.18. The highest BCUT2D eigenvalue weighted by Crippen LogP contribution is 2.21. The molecule has 0 radical (unpaired) electrons. The van der Waals surface area contributed by atoms with Crippen molar-refractivity contribution in [1.29, 1.82) is 0 Å². The van der Waals surface area contributed by atoms with Gasteiger partial charge in [-0.15, -0.1) is 0 Å². The quantitative estimate of drug-likeness (QED) is 0.855. The van der Waals surface area contributed by atoms with Crippen molar-refractivity contribution in [3.05, 3.63) is 29.8 Å². The van der Waals surface area contributed by atoms with Crippen molar-refractivity contribution >= 4 is 11.8 Å². The third kappa shape index (κ3) is 6.58. The average Bonchev–Trinajstić information content (AvgIpc) is 2.53. The van der Waals surface area contributed by atoms with Crippen LogP contribution in [0.2, 0.25) is 0 Å². The SMILES string of the molecule is CCC1CC(Nc2cccc(CN(C)C(=O)OC(C)(C)C)c2)CCO1. The normalized spacial score (nSPS) is 20.8. The first-order chi connectivity index (χ1) is 11.8. The van der Waals surface area contributed by atoms with E-state index in [2.05, 4.69) is 24.4 Å². The first kappa shape index (κ1) is 19.6. The van der Waals surface area contributed by atoms with Crippen LogP contribution in [0, 0.1) is 0 Å². The molecular formula is C20H32N2O3. The minimum Gasteiger partial charge on any atom is -0.444 e. The van der Waals surface area contributed by atoms with Crippen LogP contribution in [0.15, 0.2) is 24.3 Å². The van der Waals surface area contributed by atoms with Gasteiger partial charge < -0.3 is 19.7 Å². The molecule has 0 saturated carbocycles. The molecule has 0 spiro atoms. The lowest BCUT2D eigenvalue weighted by atomic mass is 10.0. The van der Waals surface area contributed by atoms with Gasteiger partial charge in [-0.2, -0.15) is 0 Å². The van der Waals surface area contributed by atoms with E-state index in [4.69, 9.17) is 9.47 Å². The molecule has 2 unspecified atom stereocenters. The number of benzene rings is 1. The molecule has 1 aromatic carbocycles. The third-order valence-electron chi connectivity index (χ3n) is 4.25. The van der Waals surface area contributed by atoms with Gasteiger partial charge in [0.25, 0.3) is 0 Å². The van der Waals surface area contributed by atoms with Crippen LogP contribution in [0.3, 0.4) is 0 Å². The number of carbonyl (C=O) groups excluding carboxylic acids is 1. The van der Waals surface area contributed by atoms with E-state index in [0.717, 1.165) is 37.1 Å². The van der Waals surface area contributed by atoms with E-state index in [0.29, 0.717) is 18.7 Å². The van der Waals surface area contributed by atoms with Crippen LogP contribution in [0.5, 0.6) is 0 Å². The number of amides is 1. The van der Waals surface area contributed by atoms with E-state index in [9.17, 15) is 4.79 Å². The maximum atomic E-state index is 12.1. The highest BCUT2D eigenvalue weighted by molar-refractivity contribution is 5.67. The number of nitrogens with zero attached hydrogens (tertiary/aromatic N) is 1. The van der Waals surface area contributed by atoms with Crippen molar-refractivity contribution in [2.24, 2.45) is 0 Å². The van der Waals surface area contributed by atoms with Crippen LogP contribution >= 0.6 is 0 Å². The van der Waals surface area contributed by atoms with Crippen molar-refractivity contribution < 1.29 is 14.3 Å². The summed E-state index contributed by atoms with van der Waals surface area (Å²) in [4.78, 5) is 13.7. The van der Waals surface area contributed by atoms with Crippen molar-refractivity contribution in [3.8, 4) is 0 Å². The zero-order valence-electron chi connectivity index (χ0n) is 16.2. The molecule has 5 heteroatoms. The van der Waals surface area contributed by atoms with Crippen LogP contribution < -0.4 is 5.32 Å². The monoisotopic (exact) mass is 348 g/mol. The zero-order valence-corrected chi connectivity index (χ0v) is 16.2. The number of hydrogen-bond acceptors (Lipinski definition) is 4. The topological polar surface area (TPSA) is 50.8 Å². The smallest absolute Gasteiger partial charge is 0.410 e. The molecular weight excluding hydrogens is 316 g/mol. The lowest BCUT2D eigenvalue weighted by Crippen LogP contribution is -2.34. The molecule has 2 atom stereocenters. The molecule has 5 nitrogen and oxygen atoms in total. The van der Waals surface area contributed by atoms with Gasteiger partial charge in [0.1, 0.15) is 5.60 Å². The first-order valence-corrected chi connectivity index (χ1v) is 9.18. The second-order valence-electron chi connectivity index (χ2n) is 7.80. The van der Waals surface area contributed by atoms with E-state index >= 15 is 0 Å². The van der Waals surface area contributed by atoms with Crippen LogP contribution in [0.25, 0.3) is 0 Å². The van der Waals surface area contributed by atoms with Gasteiger partial charge in [0.05, 0.1) is 6.10 Å². The van der Waals surface area contributed by atoms with Gasteiger partial charge in [-0.3, -0.25) is 0 Å². The van der Waals surface area contributed by atoms with Gasteiger partial charge in [-0.1, -0.05) is 19.1 Å². The second kappa shape index (κ2) is 8.56. The molecule has 0 aliphatic carbocycles. The van der Waals surface area contributed by atoms with Crippen molar-refractivity contribution in [3.63, 3.8) is 0 Å². The molecule has 2 rings (SSSR count). The summed E-state index contributed by atoms with van der Waals surface area (Å²) in [6.07, 6.45) is 3.17. The van der Waals surface area contributed by atoms with Gasteiger partial charge in [0, 0.05) is 31.9 Å². The lowest BCUT2D eigenvalue weighted by Gasteiger charge is -2.30. The molecule has 1 heterocycles. The Balaban J connectivity index is 1.93. The summed E-state index contributed by atoms with van der Waals surface area (Å²) in [5, 5.41) is 3.61. The minimum atomic E-state index is -0.479. The Morgan fingerprint density at radius 2 is 2.16 bits per heavy atom. The molecule has 1 N–H and O–H groups in total. The Kier molecular flexibility index (Phi) is 6.71. The number of rotatable bonds is 5. The second-order valence-corrected chi connectivity index (χ2v) is 7.80. The van der Waals surface area contributed by atoms with Gasteiger partial charge in [0.15, 0.2) is 0 Å². The number of nitrogens with one attached hydrogen (secondary N) is 1. The van der Waals surface area contributed by atoms with Crippen LogP contribution in [-0.4, -0.2) is 42.4 Å². The maximum Gasteiger partial charge on any atom is 0.410 e. The summed E-state index contributed by atoms with van der Waals surface area (Å²) in [6.45, 7) is 9.13. The summed E-state index contributed by atoms with van der Waals surface area (Å²) >= 11 is 0. The van der Waals surface area contributed by atoms with E-state index in [1.807, 2.05) is 32.9 Å². The van der Waals surface area contributed by atoms with Crippen molar-refractivity contribution in [2.75, 3.05) is 19.0 Å². The number of carbonyl (C=O) groups is 1. The number of ether oxygens (including phenoxy) is 2. The van der Waals surface area contributed by atoms with Gasteiger partial charge in [0.2, 0.25) is 0 Å². The Hall–Kier alpha value is -1.75. The summed E-state index contributed by atoms with van der Waals surface area (Å²) < 4.78 is 11.1. The van der Waals surface area contributed by atoms with Crippen LogP contribution in [0.1, 0.15) is 52.5 Å². The zero-order chi connectivity index (χ0) is 18.4. The lowest BCUT2D eigenvalue weighted by molar-refractivity contribution is 0.00924. The molecule has 1 fully saturated rings. The predicted octanol–water partition coefficient (Wildman–Crippen LogP) is 4.42. The fourth-order valence-corrected chi connectivity index (χ4v) is 2.97. The minimum absolute atomic E-state index is 0.305. The maximum absolute atomic E-state index is 12.1. The van der Waals surface area contributed by atoms with Gasteiger partial charge >= 0.3 is 6.09 Å². The fraction of sp³-hybridized carbons (Fsp3) is 0.650. The third-order valence-corrected chi connectivity index (χ3v) is 4.25. The van der Waals surface area contributed by atoms with Crippen molar-refractivity contribution in [2.45, 2.75) is 71.2 Å². The Labute approximate surface area is 151 Å². The summed E-state index contributed by atoms with van der Waals surface area (Å²) in [7, 11) is 1.76. The highest BCUT2D eigenvalue weighted by atomic mass is 16.6. The van der Waals surface area contributed by atoms with Crippen molar-refractivity contribution in [1.82, 2.24) is 4.90 Å². The fourth-order valence-electron chi connectivity index (χ4n) is 2.97. The summed E-state index contributed by atoms with van der Waals surface area (Å²) in [5.41, 5.74) is 1.70. The Bertz CT molecular complexity index is 568. The number of anilines is 1.